The molecular formula is C9H15NO2. The molecule has 0 aromatic heterocycles. The monoisotopic (exact) mass is 169 g/mol. The smallest absolute Gasteiger partial charge is 0.223 e. The second-order valence-corrected chi connectivity index (χ2v) is 3.96. The molecule has 0 spiro atoms. The average molecular weight is 169 g/mol. The Morgan fingerprint density at radius 2 is 2.00 bits per heavy atom. The number of carbonyl (C=O) groups is 1. The molecule has 0 heterocycles. The molecule has 0 aromatic rings. The molecule has 2 rings (SSSR count). The van der Waals surface area contributed by atoms with E-state index in [9.17, 15) is 4.79 Å². The molecule has 2 saturated carbocycles. The van der Waals surface area contributed by atoms with Crippen LogP contribution in [0.15, 0.2) is 0 Å². The van der Waals surface area contributed by atoms with Crippen molar-refractivity contribution in [2.24, 2.45) is 5.92 Å². The fourth-order valence-corrected chi connectivity index (χ4v) is 1.70. The maximum atomic E-state index is 11.3. The van der Waals surface area contributed by atoms with Crippen molar-refractivity contribution < 1.29 is 9.90 Å². The fourth-order valence-electron chi connectivity index (χ4n) is 1.70. The van der Waals surface area contributed by atoms with Crippen molar-refractivity contribution in [1.82, 2.24) is 5.32 Å². The lowest BCUT2D eigenvalue weighted by molar-refractivity contribution is -0.129. The first kappa shape index (κ1) is 8.05. The molecule has 2 fully saturated rings. The summed E-state index contributed by atoms with van der Waals surface area (Å²) >= 11 is 0. The van der Waals surface area contributed by atoms with Gasteiger partial charge in [-0.1, -0.05) is 6.42 Å². The lowest BCUT2D eigenvalue weighted by atomic mass is 9.83. The van der Waals surface area contributed by atoms with Crippen molar-refractivity contribution in [3.05, 3.63) is 0 Å². The van der Waals surface area contributed by atoms with Gasteiger partial charge in [-0.25, -0.2) is 0 Å². The summed E-state index contributed by atoms with van der Waals surface area (Å²) in [6, 6.07) is 0.257. The third-order valence-corrected chi connectivity index (χ3v) is 2.94. The van der Waals surface area contributed by atoms with E-state index in [1.165, 1.54) is 6.42 Å². The van der Waals surface area contributed by atoms with E-state index < -0.39 is 0 Å². The third kappa shape index (κ3) is 1.46. The van der Waals surface area contributed by atoms with Crippen LogP contribution in [0.3, 0.4) is 0 Å². The van der Waals surface area contributed by atoms with E-state index >= 15 is 0 Å². The summed E-state index contributed by atoms with van der Waals surface area (Å²) in [5.41, 5.74) is 0. The Morgan fingerprint density at radius 3 is 2.42 bits per heavy atom. The first-order chi connectivity index (χ1) is 5.75. The Morgan fingerprint density at radius 1 is 1.33 bits per heavy atom. The van der Waals surface area contributed by atoms with Crippen molar-refractivity contribution in [3.8, 4) is 0 Å². The molecule has 2 N–H and O–H groups in total. The van der Waals surface area contributed by atoms with Crippen LogP contribution in [0.25, 0.3) is 0 Å². The molecule has 3 nitrogen and oxygen atoms in total. The Kier molecular flexibility index (Phi) is 2.05. The number of hydrogen-bond donors (Lipinski definition) is 2. The van der Waals surface area contributed by atoms with E-state index in [0.717, 1.165) is 25.7 Å². The second-order valence-electron chi connectivity index (χ2n) is 3.96. The van der Waals surface area contributed by atoms with Gasteiger partial charge in [0.2, 0.25) is 5.91 Å². The van der Waals surface area contributed by atoms with E-state index in [2.05, 4.69) is 5.32 Å². The highest BCUT2D eigenvalue weighted by molar-refractivity contribution is 5.79. The van der Waals surface area contributed by atoms with Crippen molar-refractivity contribution in [2.45, 2.75) is 44.2 Å². The minimum absolute atomic E-state index is 0.170. The lowest BCUT2D eigenvalue weighted by Gasteiger charge is -2.34. The zero-order chi connectivity index (χ0) is 8.55. The molecule has 0 atom stereocenters. The molecule has 0 aliphatic heterocycles. The van der Waals surface area contributed by atoms with Crippen LogP contribution in [0.2, 0.25) is 0 Å². The van der Waals surface area contributed by atoms with Crippen molar-refractivity contribution >= 4 is 5.91 Å². The number of nitrogens with one attached hydrogen (secondary N) is 1. The van der Waals surface area contributed by atoms with Crippen molar-refractivity contribution in [3.63, 3.8) is 0 Å². The van der Waals surface area contributed by atoms with Crippen LogP contribution in [0, 0.1) is 5.92 Å². The lowest BCUT2D eigenvalue weighted by Crippen LogP contribution is -2.49. The maximum Gasteiger partial charge on any atom is 0.223 e. The van der Waals surface area contributed by atoms with Gasteiger partial charge in [0.25, 0.3) is 0 Å². The van der Waals surface area contributed by atoms with Crippen LogP contribution in [-0.4, -0.2) is 23.2 Å². The van der Waals surface area contributed by atoms with Crippen LogP contribution in [0.5, 0.6) is 0 Å². The van der Waals surface area contributed by atoms with E-state index in [4.69, 9.17) is 5.11 Å². The molecule has 3 heteroatoms. The van der Waals surface area contributed by atoms with Crippen LogP contribution < -0.4 is 5.32 Å². The van der Waals surface area contributed by atoms with Crippen LogP contribution in [-0.2, 0) is 4.79 Å². The maximum absolute atomic E-state index is 11.3. The quantitative estimate of drug-likeness (QED) is 0.629. The molecule has 0 unspecified atom stereocenters. The average Bonchev–Trinajstić information content (AvgIpc) is 1.79. The summed E-state index contributed by atoms with van der Waals surface area (Å²) in [6.07, 6.45) is 4.64. The van der Waals surface area contributed by atoms with Gasteiger partial charge in [-0.2, -0.15) is 0 Å². The van der Waals surface area contributed by atoms with Gasteiger partial charge >= 0.3 is 0 Å². The molecule has 12 heavy (non-hydrogen) atoms. The number of aliphatic hydroxyl groups is 1. The Labute approximate surface area is 72.2 Å². The molecule has 68 valence electrons. The molecule has 2 aliphatic carbocycles. The Bertz CT molecular complexity index is 183. The first-order valence-corrected chi connectivity index (χ1v) is 4.74. The van der Waals surface area contributed by atoms with Gasteiger partial charge in [0, 0.05) is 12.0 Å². The zero-order valence-electron chi connectivity index (χ0n) is 7.12. The number of aliphatic hydroxyl groups excluding tert-OH is 1. The summed E-state index contributed by atoms with van der Waals surface area (Å²) in [5.74, 6) is 0.487. The zero-order valence-corrected chi connectivity index (χ0v) is 7.12. The third-order valence-electron chi connectivity index (χ3n) is 2.94. The van der Waals surface area contributed by atoms with Gasteiger partial charge in [0.05, 0.1) is 6.10 Å². The topological polar surface area (TPSA) is 49.3 Å². The van der Waals surface area contributed by atoms with Crippen LogP contribution >= 0.6 is 0 Å². The number of amides is 1. The molecule has 2 aliphatic rings. The van der Waals surface area contributed by atoms with E-state index in [1.807, 2.05) is 0 Å². The van der Waals surface area contributed by atoms with Gasteiger partial charge in [0.1, 0.15) is 0 Å². The Hall–Kier alpha value is -0.570. The van der Waals surface area contributed by atoms with Gasteiger partial charge < -0.3 is 10.4 Å². The SMILES string of the molecule is O=C(NC1CC(O)C1)C1CCC1. The minimum atomic E-state index is -0.170. The highest BCUT2D eigenvalue weighted by atomic mass is 16.3. The summed E-state index contributed by atoms with van der Waals surface area (Å²) in [7, 11) is 0. The highest BCUT2D eigenvalue weighted by Gasteiger charge is 2.32. The van der Waals surface area contributed by atoms with Crippen molar-refractivity contribution in [2.75, 3.05) is 0 Å². The van der Waals surface area contributed by atoms with E-state index in [0.29, 0.717) is 0 Å². The van der Waals surface area contributed by atoms with E-state index in [1.54, 1.807) is 0 Å². The first-order valence-electron chi connectivity index (χ1n) is 4.74. The molecular weight excluding hydrogens is 154 g/mol. The largest absolute Gasteiger partial charge is 0.393 e. The molecule has 0 aromatic carbocycles. The van der Waals surface area contributed by atoms with Crippen LogP contribution in [0.4, 0.5) is 0 Å². The number of rotatable bonds is 2. The molecule has 0 saturated heterocycles. The van der Waals surface area contributed by atoms with Gasteiger partial charge in [-0.15, -0.1) is 0 Å². The normalized spacial score (nSPS) is 35.1. The van der Waals surface area contributed by atoms with E-state index in [-0.39, 0.29) is 24.0 Å². The summed E-state index contributed by atoms with van der Waals surface area (Å²) in [6.45, 7) is 0. The summed E-state index contributed by atoms with van der Waals surface area (Å²) in [4.78, 5) is 11.3. The van der Waals surface area contributed by atoms with Gasteiger partial charge in [-0.3, -0.25) is 4.79 Å². The molecule has 0 bridgehead atoms. The summed E-state index contributed by atoms with van der Waals surface area (Å²) < 4.78 is 0. The van der Waals surface area contributed by atoms with Gasteiger partial charge in [-0.05, 0) is 25.7 Å². The Balaban J connectivity index is 1.69. The summed E-state index contributed by atoms with van der Waals surface area (Å²) in [5, 5.41) is 11.9. The fraction of sp³-hybridized carbons (Fsp3) is 0.889. The predicted molar refractivity (Wildman–Crippen MR) is 44.5 cm³/mol. The second kappa shape index (κ2) is 3.05. The number of hydrogen-bond acceptors (Lipinski definition) is 2. The highest BCUT2D eigenvalue weighted by Crippen LogP contribution is 2.27. The molecule has 0 radical (unpaired) electrons. The van der Waals surface area contributed by atoms with Gasteiger partial charge in [0.15, 0.2) is 0 Å². The number of carbonyl (C=O) groups excluding carboxylic acids is 1. The minimum Gasteiger partial charge on any atom is -0.393 e. The predicted octanol–water partition coefficient (Wildman–Crippen LogP) is 0.426. The van der Waals surface area contributed by atoms with Crippen molar-refractivity contribution in [1.29, 1.82) is 0 Å². The standard InChI is InChI=1S/C9H15NO2/c11-8-4-7(5-8)10-9(12)6-2-1-3-6/h6-8,11H,1-5H2,(H,10,12). The van der Waals surface area contributed by atoms with Crippen LogP contribution in [0.1, 0.15) is 32.1 Å². The molecule has 1 amide bonds.